The number of nitrogens with zero attached hydrogens (tertiary/aromatic N) is 3. The van der Waals surface area contributed by atoms with Crippen LogP contribution in [0.2, 0.25) is 0 Å². The number of rotatable bonds is 9. The molecule has 2 N–H and O–H groups in total. The minimum absolute atomic E-state index is 0.0488. The van der Waals surface area contributed by atoms with Crippen LogP contribution >= 0.6 is 23.5 Å². The number of benzene rings is 2. The van der Waals surface area contributed by atoms with Crippen molar-refractivity contribution in [3.05, 3.63) is 71.8 Å². The van der Waals surface area contributed by atoms with Gasteiger partial charge in [0.2, 0.25) is 17.5 Å². The number of nitrogens with one attached hydrogen (secondary N) is 2. The molecule has 0 radical (unpaired) electrons. The maximum absolute atomic E-state index is 14.3. The van der Waals surface area contributed by atoms with E-state index in [2.05, 4.69) is 10.6 Å². The van der Waals surface area contributed by atoms with Gasteiger partial charge in [-0.05, 0) is 38.2 Å². The molecule has 3 heterocycles. The van der Waals surface area contributed by atoms with Crippen LogP contribution in [0.4, 0.5) is 4.79 Å². The van der Waals surface area contributed by atoms with E-state index in [9.17, 15) is 28.8 Å². The van der Waals surface area contributed by atoms with Crippen LogP contribution in [0.5, 0.6) is 0 Å². The molecule has 238 valence electrons. The van der Waals surface area contributed by atoms with Crippen molar-refractivity contribution in [1.82, 2.24) is 25.3 Å². The fraction of sp³-hybridized carbons (Fsp3) is 0.419. The Morgan fingerprint density at radius 3 is 2.27 bits per heavy atom. The highest BCUT2D eigenvalue weighted by Crippen LogP contribution is 2.58. The number of thioether (sulfide) groups is 2. The minimum Gasteiger partial charge on any atom is -0.458 e. The average molecular weight is 654 g/mol. The Balaban J connectivity index is 1.47. The number of amides is 6. The molecule has 0 bridgehead atoms. The zero-order chi connectivity index (χ0) is 32.5. The van der Waals surface area contributed by atoms with Crippen molar-refractivity contribution in [3.63, 3.8) is 0 Å². The quantitative estimate of drug-likeness (QED) is 0.236. The van der Waals surface area contributed by atoms with Crippen LogP contribution in [0.25, 0.3) is 0 Å². The molecule has 6 amide bonds. The van der Waals surface area contributed by atoms with Crippen molar-refractivity contribution in [2.24, 2.45) is 0 Å². The third kappa shape index (κ3) is 5.65. The van der Waals surface area contributed by atoms with E-state index in [0.717, 1.165) is 10.5 Å². The maximum Gasteiger partial charge on any atom is 0.355 e. The number of fused-ring (bicyclic) bond motifs is 1. The first kappa shape index (κ1) is 32.4. The van der Waals surface area contributed by atoms with Gasteiger partial charge in [-0.25, -0.2) is 9.59 Å². The number of hydrogen-bond acceptors (Lipinski definition) is 9. The molecule has 2 aromatic carbocycles. The first-order valence-electron chi connectivity index (χ1n) is 14.5. The zero-order valence-electron chi connectivity index (χ0n) is 25.3. The third-order valence-corrected chi connectivity index (χ3v) is 11.1. The Kier molecular flexibility index (Phi) is 9.17. The van der Waals surface area contributed by atoms with Crippen molar-refractivity contribution in [3.8, 4) is 0 Å². The van der Waals surface area contributed by atoms with E-state index >= 15 is 0 Å². The summed E-state index contributed by atoms with van der Waals surface area (Å²) in [6.45, 7) is 5.60. The molecule has 3 aliphatic rings. The molecule has 3 aliphatic heterocycles. The number of likely N-dealkylation sites (N-methyl/N-ethyl adjacent to an activating group) is 1. The number of carbonyl (C=O) groups excluding carboxylic acids is 6. The smallest absolute Gasteiger partial charge is 0.355 e. The molecule has 5 rings (SSSR count). The lowest BCUT2D eigenvalue weighted by Gasteiger charge is -2.50. The Bertz CT molecular complexity index is 1510. The lowest BCUT2D eigenvalue weighted by Crippen LogP contribution is -2.78. The van der Waals surface area contributed by atoms with E-state index in [4.69, 9.17) is 4.74 Å². The van der Waals surface area contributed by atoms with Gasteiger partial charge in [0.15, 0.2) is 0 Å². The first-order valence-corrected chi connectivity index (χ1v) is 16.7. The molecule has 4 atom stereocenters. The number of β-lactam (4-membered cyclic amide) rings is 1. The molecule has 0 saturated carbocycles. The summed E-state index contributed by atoms with van der Waals surface area (Å²) in [5.41, 5.74) is -0.839. The molecule has 0 aliphatic carbocycles. The predicted octanol–water partition coefficient (Wildman–Crippen LogP) is 2.11. The van der Waals surface area contributed by atoms with Gasteiger partial charge < -0.3 is 20.3 Å². The zero-order valence-corrected chi connectivity index (χ0v) is 27.0. The van der Waals surface area contributed by atoms with Gasteiger partial charge in [-0.15, -0.1) is 23.5 Å². The summed E-state index contributed by atoms with van der Waals surface area (Å²) < 4.78 is 4.73. The van der Waals surface area contributed by atoms with Gasteiger partial charge in [0.1, 0.15) is 23.3 Å². The van der Waals surface area contributed by atoms with E-state index in [0.29, 0.717) is 12.1 Å². The van der Waals surface area contributed by atoms with Crippen LogP contribution in [-0.4, -0.2) is 97.3 Å². The van der Waals surface area contributed by atoms with Gasteiger partial charge >= 0.3 is 23.8 Å². The lowest BCUT2D eigenvalue weighted by atomic mass is 9.89. The summed E-state index contributed by atoms with van der Waals surface area (Å²) in [6.07, 6.45) is 1.81. The normalized spacial score (nSPS) is 24.4. The Labute approximate surface area is 269 Å². The molecule has 12 nitrogen and oxygen atoms in total. The molecular formula is C31H35N5O7S2. The number of urea groups is 1. The third-order valence-electron chi connectivity index (χ3n) is 8.31. The summed E-state index contributed by atoms with van der Waals surface area (Å²) in [7, 11) is 0. The van der Waals surface area contributed by atoms with Gasteiger partial charge in [-0.3, -0.25) is 29.0 Å². The van der Waals surface area contributed by atoms with Gasteiger partial charge in [-0.1, -0.05) is 60.7 Å². The highest BCUT2D eigenvalue weighted by atomic mass is 32.2. The first-order chi connectivity index (χ1) is 21.5. The lowest BCUT2D eigenvalue weighted by molar-refractivity contribution is -0.178. The number of hydrogen-bond donors (Lipinski definition) is 2. The number of imide groups is 1. The van der Waals surface area contributed by atoms with Crippen LogP contribution in [0.3, 0.4) is 0 Å². The van der Waals surface area contributed by atoms with Crippen molar-refractivity contribution in [1.29, 1.82) is 0 Å². The van der Waals surface area contributed by atoms with Gasteiger partial charge in [0.25, 0.3) is 0 Å². The molecule has 3 fully saturated rings. The second-order valence-corrected chi connectivity index (χ2v) is 14.0. The topological polar surface area (TPSA) is 145 Å². The summed E-state index contributed by atoms with van der Waals surface area (Å²) in [6, 6.07) is 15.0. The van der Waals surface area contributed by atoms with Crippen LogP contribution in [0.1, 0.15) is 37.9 Å². The highest BCUT2D eigenvalue weighted by Gasteiger charge is 2.74. The van der Waals surface area contributed by atoms with E-state index in [-0.39, 0.29) is 25.6 Å². The van der Waals surface area contributed by atoms with Crippen LogP contribution in [-0.2, 0) is 35.3 Å². The summed E-state index contributed by atoms with van der Waals surface area (Å²) in [5.74, 6) is -3.75. The predicted molar refractivity (Wildman–Crippen MR) is 168 cm³/mol. The van der Waals surface area contributed by atoms with E-state index in [1.807, 2.05) is 24.5 Å². The molecule has 3 saturated heterocycles. The van der Waals surface area contributed by atoms with Gasteiger partial charge in [-0.2, -0.15) is 0 Å². The fourth-order valence-electron chi connectivity index (χ4n) is 5.80. The number of ether oxygens (including phenoxy) is 1. The number of piperazine rings is 1. The van der Waals surface area contributed by atoms with E-state index < -0.39 is 56.8 Å². The second kappa shape index (κ2) is 12.8. The average Bonchev–Trinajstić information content (AvgIpc) is 3.24. The Morgan fingerprint density at radius 2 is 1.64 bits per heavy atom. The standard InChI is InChI=1S/C31H35N5O7S2/c1-5-34-16-17-35(26(40)25(34)39)29(42)32-21(20-14-10-7-11-15-20)23(37)33-31(28(41)43-18-19-12-8-6-9-13-19)30(2,3)45-27-22(44-4)24(38)36(27)31/h6-15,21-22,27H,5,16-18H2,1-4H3,(H,32,42)(H,33,37)/t21?,22-,27+,31-/m0/s1. The SMILES string of the molecule is CCN1CCN(C(=O)NC(C(=O)N[C@@]2(C(=O)OCc3ccccc3)N3C(=O)[C@H](SC)[C@H]3SC2(C)C)c2ccccc2)C(=O)C1=O. The summed E-state index contributed by atoms with van der Waals surface area (Å²) >= 11 is 2.75. The fourth-order valence-corrected chi connectivity index (χ4v) is 8.59. The monoisotopic (exact) mass is 653 g/mol. The van der Waals surface area contributed by atoms with Crippen LogP contribution in [0, 0.1) is 0 Å². The Morgan fingerprint density at radius 1 is 1.00 bits per heavy atom. The summed E-state index contributed by atoms with van der Waals surface area (Å²) in [5, 5.41) is 4.61. The van der Waals surface area contributed by atoms with E-state index in [1.54, 1.807) is 63.2 Å². The second-order valence-electron chi connectivity index (χ2n) is 11.3. The largest absolute Gasteiger partial charge is 0.458 e. The molecule has 1 unspecified atom stereocenters. The van der Waals surface area contributed by atoms with Crippen LogP contribution < -0.4 is 10.6 Å². The molecule has 45 heavy (non-hydrogen) atoms. The van der Waals surface area contributed by atoms with Crippen molar-refractivity contribution < 1.29 is 33.5 Å². The molecular weight excluding hydrogens is 619 g/mol. The van der Waals surface area contributed by atoms with E-state index in [1.165, 1.54) is 33.3 Å². The summed E-state index contributed by atoms with van der Waals surface area (Å²) in [4.78, 5) is 84.1. The van der Waals surface area contributed by atoms with Gasteiger partial charge in [0.05, 0.1) is 4.75 Å². The van der Waals surface area contributed by atoms with Crippen molar-refractivity contribution in [2.75, 3.05) is 25.9 Å². The Hall–Kier alpha value is -4.04. The minimum atomic E-state index is -1.92. The molecule has 14 heteroatoms. The molecule has 0 aromatic heterocycles. The molecule has 2 aromatic rings. The maximum atomic E-state index is 14.3. The highest BCUT2D eigenvalue weighted by molar-refractivity contribution is 8.05. The molecule has 0 spiro atoms. The number of esters is 1. The van der Waals surface area contributed by atoms with Gasteiger partial charge in [0, 0.05) is 19.6 Å². The van der Waals surface area contributed by atoms with Crippen LogP contribution in [0.15, 0.2) is 60.7 Å². The van der Waals surface area contributed by atoms with Crippen molar-refractivity contribution >= 4 is 59.2 Å². The van der Waals surface area contributed by atoms with Crippen molar-refractivity contribution in [2.45, 2.75) is 54.5 Å². The number of carbonyl (C=O) groups is 6.